The molecule has 2 aliphatic carbocycles. The minimum Gasteiger partial charge on any atom is -0.438 e. The Morgan fingerprint density at radius 2 is 1.94 bits per heavy atom. The predicted octanol–water partition coefficient (Wildman–Crippen LogP) is 6.04. The van der Waals surface area contributed by atoms with Crippen molar-refractivity contribution in [2.24, 2.45) is 5.92 Å². The molecule has 0 bridgehead atoms. The number of nitriles is 1. The van der Waals surface area contributed by atoms with Gasteiger partial charge in [0.05, 0.1) is 0 Å². The number of aryl methyl sites for hydroxylation is 2. The fraction of sp³-hybridized carbons (Fsp3) is 0.355. The lowest BCUT2D eigenvalue weighted by Gasteiger charge is -2.52. The molecule has 1 N–H and O–H groups in total. The molecule has 0 amide bonds. The summed E-state index contributed by atoms with van der Waals surface area (Å²) in [5.74, 6) is 7.46. The zero-order valence-electron chi connectivity index (χ0n) is 20.3. The molecule has 35 heavy (non-hydrogen) atoms. The van der Waals surface area contributed by atoms with Gasteiger partial charge in [-0.25, -0.2) is 4.98 Å². The second-order valence-corrected chi connectivity index (χ2v) is 10.0. The van der Waals surface area contributed by atoms with Crippen molar-refractivity contribution in [3.05, 3.63) is 88.6 Å². The highest BCUT2D eigenvalue weighted by molar-refractivity contribution is 5.47. The van der Waals surface area contributed by atoms with Crippen LogP contribution in [-0.2, 0) is 18.3 Å². The summed E-state index contributed by atoms with van der Waals surface area (Å²) in [4.78, 5) is 4.43. The van der Waals surface area contributed by atoms with E-state index in [0.717, 1.165) is 31.4 Å². The Balaban J connectivity index is 1.53. The van der Waals surface area contributed by atoms with Crippen LogP contribution in [0.25, 0.3) is 0 Å². The number of fused-ring (bicyclic) bond motifs is 3. The summed E-state index contributed by atoms with van der Waals surface area (Å²) in [6, 6.07) is 22.7. The average Bonchev–Trinajstić information content (AvgIpc) is 2.85. The first-order valence-electron chi connectivity index (χ1n) is 12.3. The first-order chi connectivity index (χ1) is 16.9. The van der Waals surface area contributed by atoms with Gasteiger partial charge >= 0.3 is 0 Å². The zero-order valence-corrected chi connectivity index (χ0v) is 20.3. The molecule has 1 saturated carbocycles. The number of rotatable bonds is 4. The highest BCUT2D eigenvalue weighted by Gasteiger charge is 2.51. The largest absolute Gasteiger partial charge is 0.438 e. The summed E-state index contributed by atoms with van der Waals surface area (Å²) in [5, 5.41) is 20.7. The van der Waals surface area contributed by atoms with Gasteiger partial charge in [0.25, 0.3) is 0 Å². The van der Waals surface area contributed by atoms with Crippen LogP contribution < -0.4 is 4.74 Å². The van der Waals surface area contributed by atoms with Crippen LogP contribution in [0.4, 0.5) is 0 Å². The van der Waals surface area contributed by atoms with E-state index in [9.17, 15) is 10.4 Å². The molecule has 0 unspecified atom stereocenters. The summed E-state index contributed by atoms with van der Waals surface area (Å²) in [5.41, 5.74) is 4.26. The van der Waals surface area contributed by atoms with Crippen LogP contribution in [0.1, 0.15) is 60.6 Å². The van der Waals surface area contributed by atoms with Crippen LogP contribution in [-0.4, -0.2) is 15.7 Å². The highest BCUT2D eigenvalue weighted by atomic mass is 16.5. The first-order valence-corrected chi connectivity index (χ1v) is 12.3. The van der Waals surface area contributed by atoms with Crippen LogP contribution in [0.5, 0.6) is 11.6 Å². The summed E-state index contributed by atoms with van der Waals surface area (Å²) in [6.45, 7) is 3.70. The third-order valence-corrected chi connectivity index (χ3v) is 7.78. The highest BCUT2D eigenvalue weighted by Crippen LogP contribution is 2.54. The molecule has 4 nitrogen and oxygen atoms in total. The van der Waals surface area contributed by atoms with Crippen molar-refractivity contribution < 1.29 is 9.84 Å². The molecular formula is C31H30N2O2. The number of aromatic nitrogens is 1. The molecule has 3 atom stereocenters. The number of ether oxygens (including phenoxy) is 1. The SMILES string of the molecule is CC#C[C@@]1(O)CC[C@@]2(Cc3ccccc3)c3ccc(Oc4nc(C)ccc4C#N)cc3CC[C@@H]2C1. The molecule has 0 spiro atoms. The molecule has 1 heterocycles. The van der Waals surface area contributed by atoms with Gasteiger partial charge < -0.3 is 9.84 Å². The average molecular weight is 463 g/mol. The van der Waals surface area contributed by atoms with Crippen molar-refractivity contribution in [2.75, 3.05) is 0 Å². The van der Waals surface area contributed by atoms with Crippen molar-refractivity contribution in [3.63, 3.8) is 0 Å². The van der Waals surface area contributed by atoms with Crippen LogP contribution in [0, 0.1) is 36.0 Å². The predicted molar refractivity (Wildman–Crippen MR) is 136 cm³/mol. The van der Waals surface area contributed by atoms with Crippen LogP contribution >= 0.6 is 0 Å². The summed E-state index contributed by atoms with van der Waals surface area (Å²) < 4.78 is 6.11. The Morgan fingerprint density at radius 3 is 2.71 bits per heavy atom. The van der Waals surface area contributed by atoms with Crippen molar-refractivity contribution >= 4 is 0 Å². The molecule has 2 aromatic carbocycles. The minimum atomic E-state index is -0.898. The number of aliphatic hydroxyl groups is 1. The zero-order chi connectivity index (χ0) is 24.5. The normalized spacial score (nSPS) is 24.8. The van der Waals surface area contributed by atoms with E-state index in [2.05, 4.69) is 65.4 Å². The Morgan fingerprint density at radius 1 is 1.11 bits per heavy atom. The smallest absolute Gasteiger partial charge is 0.237 e. The van der Waals surface area contributed by atoms with Gasteiger partial charge in [-0.15, -0.1) is 5.92 Å². The minimum absolute atomic E-state index is 0.0471. The maximum Gasteiger partial charge on any atom is 0.237 e. The van der Waals surface area contributed by atoms with E-state index in [1.807, 2.05) is 26.0 Å². The maximum absolute atomic E-state index is 11.2. The molecule has 1 fully saturated rings. The van der Waals surface area contributed by atoms with Crippen molar-refractivity contribution in [1.82, 2.24) is 4.98 Å². The molecule has 5 rings (SSSR count). The van der Waals surface area contributed by atoms with E-state index in [0.29, 0.717) is 36.0 Å². The van der Waals surface area contributed by atoms with Crippen molar-refractivity contribution in [1.29, 1.82) is 5.26 Å². The standard InChI is InChI=1S/C31H30N2O2/c1-3-15-30(34)16-17-31(19-23-7-5-4-6-8-23)26(20-30)12-11-24-18-27(13-14-28(24)31)35-29-25(21-32)10-9-22(2)33-29/h4-10,13-14,18,26,34H,11-12,16-17,19-20H2,1-2H3/t26-,30-,31+/m1/s1. The Bertz CT molecular complexity index is 1350. The number of benzene rings is 2. The van der Waals surface area contributed by atoms with Gasteiger partial charge in [0.15, 0.2) is 0 Å². The number of nitrogens with zero attached hydrogens (tertiary/aromatic N) is 2. The lowest BCUT2D eigenvalue weighted by molar-refractivity contribution is -0.00804. The second-order valence-electron chi connectivity index (χ2n) is 10.0. The molecule has 3 aromatic rings. The lowest BCUT2D eigenvalue weighted by atomic mass is 9.52. The third kappa shape index (κ3) is 4.43. The summed E-state index contributed by atoms with van der Waals surface area (Å²) in [7, 11) is 0. The lowest BCUT2D eigenvalue weighted by Crippen LogP contribution is -2.50. The van der Waals surface area contributed by atoms with Crippen molar-refractivity contribution in [2.45, 2.75) is 63.4 Å². The van der Waals surface area contributed by atoms with E-state index < -0.39 is 5.60 Å². The second kappa shape index (κ2) is 9.21. The van der Waals surface area contributed by atoms with Gasteiger partial charge in [-0.2, -0.15) is 5.26 Å². The number of pyridine rings is 1. The van der Waals surface area contributed by atoms with E-state index in [1.165, 1.54) is 16.7 Å². The molecule has 0 saturated heterocycles. The fourth-order valence-electron chi connectivity index (χ4n) is 6.17. The molecule has 2 aliphatic rings. The summed E-state index contributed by atoms with van der Waals surface area (Å²) in [6.07, 6.45) is 5.14. The van der Waals surface area contributed by atoms with Gasteiger partial charge in [0.2, 0.25) is 5.88 Å². The molecular weight excluding hydrogens is 432 g/mol. The van der Waals surface area contributed by atoms with Gasteiger partial charge in [-0.3, -0.25) is 0 Å². The maximum atomic E-state index is 11.2. The van der Waals surface area contributed by atoms with Gasteiger partial charge in [0.1, 0.15) is 23.0 Å². The van der Waals surface area contributed by atoms with E-state index in [4.69, 9.17) is 4.74 Å². The monoisotopic (exact) mass is 462 g/mol. The number of hydrogen-bond donors (Lipinski definition) is 1. The quantitative estimate of drug-likeness (QED) is 0.481. The van der Waals surface area contributed by atoms with Gasteiger partial charge in [-0.05, 0) is 99.2 Å². The Labute approximate surface area is 207 Å². The van der Waals surface area contributed by atoms with E-state index >= 15 is 0 Å². The molecule has 4 heteroatoms. The summed E-state index contributed by atoms with van der Waals surface area (Å²) >= 11 is 0. The third-order valence-electron chi connectivity index (χ3n) is 7.78. The molecule has 0 radical (unpaired) electrons. The first kappa shape index (κ1) is 23.2. The van der Waals surface area contributed by atoms with E-state index in [1.54, 1.807) is 6.07 Å². The Hall–Kier alpha value is -3.60. The van der Waals surface area contributed by atoms with Gasteiger partial charge in [0, 0.05) is 11.1 Å². The fourth-order valence-corrected chi connectivity index (χ4v) is 6.17. The molecule has 176 valence electrons. The van der Waals surface area contributed by atoms with Crippen molar-refractivity contribution in [3.8, 4) is 29.5 Å². The van der Waals surface area contributed by atoms with Crippen LogP contribution in [0.3, 0.4) is 0 Å². The Kier molecular flexibility index (Phi) is 6.10. The van der Waals surface area contributed by atoms with Crippen LogP contribution in [0.2, 0.25) is 0 Å². The molecule has 1 aromatic heterocycles. The topological polar surface area (TPSA) is 66.1 Å². The number of hydrogen-bond acceptors (Lipinski definition) is 4. The van der Waals surface area contributed by atoms with Gasteiger partial charge in [-0.1, -0.05) is 42.3 Å². The molecule has 0 aliphatic heterocycles. The van der Waals surface area contributed by atoms with E-state index in [-0.39, 0.29) is 5.41 Å². The van der Waals surface area contributed by atoms with Crippen LogP contribution in [0.15, 0.2) is 60.7 Å².